The number of hydrogen-bond acceptors (Lipinski definition) is 3. The van der Waals surface area contributed by atoms with Gasteiger partial charge in [0.2, 0.25) is 5.91 Å². The van der Waals surface area contributed by atoms with E-state index in [-0.39, 0.29) is 12.5 Å². The highest BCUT2D eigenvalue weighted by molar-refractivity contribution is 7.14. The summed E-state index contributed by atoms with van der Waals surface area (Å²) in [7, 11) is 0. The zero-order chi connectivity index (χ0) is 12.3. The molecule has 0 bridgehead atoms. The van der Waals surface area contributed by atoms with Crippen molar-refractivity contribution in [3.8, 4) is 10.4 Å². The van der Waals surface area contributed by atoms with E-state index < -0.39 is 0 Å². The molecule has 0 fully saturated rings. The van der Waals surface area contributed by atoms with E-state index >= 15 is 0 Å². The Morgan fingerprint density at radius 3 is 2.82 bits per heavy atom. The summed E-state index contributed by atoms with van der Waals surface area (Å²) in [5.41, 5.74) is 8.47. The van der Waals surface area contributed by atoms with Gasteiger partial charge in [0.05, 0.1) is 17.1 Å². The third-order valence-electron chi connectivity index (χ3n) is 2.51. The van der Waals surface area contributed by atoms with Crippen LogP contribution in [0.3, 0.4) is 0 Å². The number of carbonyl (C=O) groups is 1. The molecule has 0 radical (unpaired) electrons. The Hall–Kier alpha value is -1.65. The maximum atomic E-state index is 11.3. The van der Waals surface area contributed by atoms with Crippen molar-refractivity contribution in [3.05, 3.63) is 41.3 Å². The van der Waals surface area contributed by atoms with Crippen LogP contribution >= 0.6 is 11.3 Å². The molecule has 0 atom stereocenters. The van der Waals surface area contributed by atoms with Crippen LogP contribution in [0.25, 0.3) is 10.4 Å². The number of amides is 1. The van der Waals surface area contributed by atoms with Gasteiger partial charge < -0.3 is 11.1 Å². The van der Waals surface area contributed by atoms with Gasteiger partial charge in [-0.3, -0.25) is 4.79 Å². The van der Waals surface area contributed by atoms with E-state index in [4.69, 9.17) is 5.73 Å². The number of anilines is 1. The Morgan fingerprint density at radius 1 is 1.35 bits per heavy atom. The number of rotatable bonds is 3. The topological polar surface area (TPSA) is 55.1 Å². The molecule has 3 nitrogen and oxygen atoms in total. The lowest BCUT2D eigenvalue weighted by Gasteiger charge is -2.07. The lowest BCUT2D eigenvalue weighted by molar-refractivity contribution is -0.114. The second-order valence-corrected chi connectivity index (χ2v) is 4.65. The first-order chi connectivity index (χ1) is 8.22. The number of hydrogen-bond donors (Lipinski definition) is 2. The first-order valence-electron chi connectivity index (χ1n) is 5.36. The molecule has 0 saturated carbocycles. The number of aryl methyl sites for hydroxylation is 1. The Morgan fingerprint density at radius 2 is 2.12 bits per heavy atom. The fraction of sp³-hybridized carbons (Fsp3) is 0.154. The number of nitrogens with one attached hydrogen (secondary N) is 1. The summed E-state index contributed by atoms with van der Waals surface area (Å²) in [5.74, 6) is -0.168. The molecule has 0 unspecified atom stereocenters. The van der Waals surface area contributed by atoms with Crippen LogP contribution in [-0.4, -0.2) is 12.5 Å². The molecule has 1 heterocycles. The smallest absolute Gasteiger partial charge is 0.238 e. The van der Waals surface area contributed by atoms with Crippen LogP contribution in [0.2, 0.25) is 0 Å². The predicted octanol–water partition coefficient (Wildman–Crippen LogP) is 2.62. The predicted molar refractivity (Wildman–Crippen MR) is 72.2 cm³/mol. The van der Waals surface area contributed by atoms with E-state index in [2.05, 4.69) is 24.4 Å². The Kier molecular flexibility index (Phi) is 3.56. The van der Waals surface area contributed by atoms with Gasteiger partial charge in [-0.15, -0.1) is 11.3 Å². The molecule has 0 aliphatic carbocycles. The largest absolute Gasteiger partial charge is 0.324 e. The van der Waals surface area contributed by atoms with E-state index in [9.17, 15) is 4.79 Å². The first-order valence-corrected chi connectivity index (χ1v) is 6.23. The van der Waals surface area contributed by atoms with Gasteiger partial charge in [0.1, 0.15) is 0 Å². The summed E-state index contributed by atoms with van der Waals surface area (Å²) in [6.45, 7) is 2.06. The second-order valence-electron chi connectivity index (χ2n) is 3.73. The number of nitrogens with two attached hydrogens (primary N) is 1. The maximum Gasteiger partial charge on any atom is 0.238 e. The standard InChI is InChI=1S/C13H14N2OS/c1-9-4-2-3-5-10(9)13-11(6-7-17-13)15-12(16)8-14/h2-7H,8,14H2,1H3,(H,15,16). The molecule has 1 aromatic carbocycles. The van der Waals surface area contributed by atoms with Gasteiger partial charge in [-0.25, -0.2) is 0 Å². The van der Waals surface area contributed by atoms with Crippen LogP contribution in [0.4, 0.5) is 5.69 Å². The van der Waals surface area contributed by atoms with Crippen molar-refractivity contribution in [3.63, 3.8) is 0 Å². The molecule has 2 rings (SSSR count). The molecule has 4 heteroatoms. The van der Waals surface area contributed by atoms with Crippen LogP contribution in [0.15, 0.2) is 35.7 Å². The second kappa shape index (κ2) is 5.12. The van der Waals surface area contributed by atoms with Crippen LogP contribution < -0.4 is 11.1 Å². The number of carbonyl (C=O) groups excluding carboxylic acids is 1. The lowest BCUT2D eigenvalue weighted by Crippen LogP contribution is -2.21. The summed E-state index contributed by atoms with van der Waals surface area (Å²) < 4.78 is 0. The Bertz CT molecular complexity index is 534. The fourth-order valence-corrected chi connectivity index (χ4v) is 2.59. The molecule has 2 aromatic rings. The van der Waals surface area contributed by atoms with Gasteiger partial charge in [0.25, 0.3) is 0 Å². The van der Waals surface area contributed by atoms with Crippen molar-refractivity contribution in [2.24, 2.45) is 5.73 Å². The number of thiophene rings is 1. The van der Waals surface area contributed by atoms with E-state index in [1.54, 1.807) is 11.3 Å². The molecule has 17 heavy (non-hydrogen) atoms. The van der Waals surface area contributed by atoms with Crippen LogP contribution in [0.1, 0.15) is 5.56 Å². The molecular weight excluding hydrogens is 232 g/mol. The number of benzene rings is 1. The van der Waals surface area contributed by atoms with Gasteiger partial charge in [-0.1, -0.05) is 24.3 Å². The zero-order valence-corrected chi connectivity index (χ0v) is 10.4. The first kappa shape index (κ1) is 11.8. The van der Waals surface area contributed by atoms with Gasteiger partial charge in [-0.2, -0.15) is 0 Å². The zero-order valence-electron chi connectivity index (χ0n) is 9.57. The van der Waals surface area contributed by atoms with Gasteiger partial charge in [-0.05, 0) is 29.5 Å². The highest BCUT2D eigenvalue weighted by Crippen LogP contribution is 2.35. The monoisotopic (exact) mass is 246 g/mol. The average Bonchev–Trinajstić information content (AvgIpc) is 2.77. The van der Waals surface area contributed by atoms with Crippen molar-refractivity contribution in [1.82, 2.24) is 0 Å². The third-order valence-corrected chi connectivity index (χ3v) is 3.46. The molecule has 0 spiro atoms. The summed E-state index contributed by atoms with van der Waals surface area (Å²) >= 11 is 1.61. The van der Waals surface area contributed by atoms with Gasteiger partial charge in [0, 0.05) is 0 Å². The van der Waals surface area contributed by atoms with E-state index in [1.807, 2.05) is 23.6 Å². The quantitative estimate of drug-likeness (QED) is 0.874. The maximum absolute atomic E-state index is 11.3. The summed E-state index contributed by atoms with van der Waals surface area (Å²) in [6.07, 6.45) is 0. The minimum absolute atomic E-state index is 0.00303. The molecule has 0 aliphatic rings. The van der Waals surface area contributed by atoms with Crippen LogP contribution in [0, 0.1) is 6.92 Å². The third kappa shape index (κ3) is 2.54. The van der Waals surface area contributed by atoms with Gasteiger partial charge in [0.15, 0.2) is 0 Å². The highest BCUT2D eigenvalue weighted by Gasteiger charge is 2.10. The van der Waals surface area contributed by atoms with Crippen molar-refractivity contribution in [2.45, 2.75) is 6.92 Å². The van der Waals surface area contributed by atoms with Crippen molar-refractivity contribution >= 4 is 22.9 Å². The van der Waals surface area contributed by atoms with E-state index in [0.29, 0.717) is 0 Å². The molecule has 0 saturated heterocycles. The van der Waals surface area contributed by atoms with Crippen molar-refractivity contribution in [1.29, 1.82) is 0 Å². The Balaban J connectivity index is 2.37. The summed E-state index contributed by atoms with van der Waals surface area (Å²) in [6, 6.07) is 10.0. The van der Waals surface area contributed by atoms with E-state index in [1.165, 1.54) is 5.56 Å². The minimum Gasteiger partial charge on any atom is -0.324 e. The van der Waals surface area contributed by atoms with Gasteiger partial charge >= 0.3 is 0 Å². The van der Waals surface area contributed by atoms with E-state index in [0.717, 1.165) is 16.1 Å². The molecule has 88 valence electrons. The lowest BCUT2D eigenvalue weighted by atomic mass is 10.1. The average molecular weight is 246 g/mol. The minimum atomic E-state index is -0.168. The Labute approximate surface area is 104 Å². The van der Waals surface area contributed by atoms with Crippen LogP contribution in [-0.2, 0) is 4.79 Å². The molecule has 1 amide bonds. The molecular formula is C13H14N2OS. The van der Waals surface area contributed by atoms with Crippen LogP contribution in [0.5, 0.6) is 0 Å². The highest BCUT2D eigenvalue weighted by atomic mass is 32.1. The fourth-order valence-electron chi connectivity index (χ4n) is 1.65. The van der Waals surface area contributed by atoms with Crippen molar-refractivity contribution < 1.29 is 4.79 Å². The normalized spacial score (nSPS) is 10.2. The molecule has 1 aromatic heterocycles. The molecule has 0 aliphatic heterocycles. The molecule has 3 N–H and O–H groups in total. The summed E-state index contributed by atoms with van der Waals surface area (Å²) in [4.78, 5) is 12.4. The summed E-state index contributed by atoms with van der Waals surface area (Å²) in [5, 5.41) is 4.78. The SMILES string of the molecule is Cc1ccccc1-c1sccc1NC(=O)CN. The van der Waals surface area contributed by atoms with Crippen molar-refractivity contribution in [2.75, 3.05) is 11.9 Å².